The van der Waals surface area contributed by atoms with E-state index < -0.39 is 46.7 Å². The Bertz CT molecular complexity index is 610. The molecule has 0 saturated heterocycles. The average Bonchev–Trinajstić information content (AvgIpc) is 2.46. The second-order valence-corrected chi connectivity index (χ2v) is 4.26. The number of carbonyl (C=O) groups excluding carboxylic acids is 1. The minimum Gasteiger partial charge on any atom is -0.400 e. The van der Waals surface area contributed by atoms with E-state index in [1.54, 1.807) is 0 Å². The summed E-state index contributed by atoms with van der Waals surface area (Å²) in [6, 6.07) is 0.0117. The van der Waals surface area contributed by atoms with Crippen LogP contribution in [0.2, 0.25) is 0 Å². The van der Waals surface area contributed by atoms with Crippen LogP contribution in [0.3, 0.4) is 0 Å². The highest BCUT2D eigenvalue weighted by atomic mass is 19.4. The number of hydrogen-bond donors (Lipinski definition) is 2. The van der Waals surface area contributed by atoms with Crippen molar-refractivity contribution in [3.63, 3.8) is 0 Å². The predicted molar refractivity (Wildman–Crippen MR) is 67.8 cm³/mol. The highest BCUT2D eigenvalue weighted by Crippen LogP contribution is 2.37. The van der Waals surface area contributed by atoms with Crippen molar-refractivity contribution in [3.05, 3.63) is 41.0 Å². The van der Waals surface area contributed by atoms with E-state index in [4.69, 9.17) is 10.8 Å². The molecule has 0 saturated carbocycles. The number of nitrogens with two attached hydrogens (primary N) is 1. The smallest absolute Gasteiger partial charge is 0.400 e. The molecule has 0 aliphatic carbocycles. The van der Waals surface area contributed by atoms with E-state index in [2.05, 4.69) is 0 Å². The Morgan fingerprint density at radius 2 is 1.24 bits per heavy atom. The van der Waals surface area contributed by atoms with Gasteiger partial charge in [0.2, 0.25) is 0 Å². The van der Waals surface area contributed by atoms with Gasteiger partial charge in [0.15, 0.2) is 0 Å². The molecule has 0 fully saturated rings. The fraction of sp³-hybridized carbons (Fsp3) is 0.308. The molecule has 0 amide bonds. The summed E-state index contributed by atoms with van der Waals surface area (Å²) in [6.45, 7) is 0. The van der Waals surface area contributed by atoms with Crippen molar-refractivity contribution in [2.45, 2.75) is 18.5 Å². The van der Waals surface area contributed by atoms with Crippen LogP contribution in [0.1, 0.15) is 16.7 Å². The van der Waals surface area contributed by atoms with Gasteiger partial charge in [0.25, 0.3) is 5.78 Å². The van der Waals surface area contributed by atoms with Gasteiger partial charge in [-0.15, -0.1) is 0 Å². The first kappa shape index (κ1) is 22.8. The number of aliphatic hydroxyl groups is 1. The molecule has 0 aliphatic heterocycles. The maximum absolute atomic E-state index is 12.6. The van der Waals surface area contributed by atoms with Crippen molar-refractivity contribution in [2.24, 2.45) is 5.73 Å². The van der Waals surface area contributed by atoms with Gasteiger partial charge < -0.3 is 10.8 Å². The van der Waals surface area contributed by atoms with Gasteiger partial charge in [0.1, 0.15) is 0 Å². The summed E-state index contributed by atoms with van der Waals surface area (Å²) in [6.07, 6.45) is -16.0. The van der Waals surface area contributed by atoms with Gasteiger partial charge in [-0.1, -0.05) is 0 Å². The van der Waals surface area contributed by atoms with Crippen LogP contribution in [-0.4, -0.2) is 24.2 Å². The molecule has 142 valence electrons. The van der Waals surface area contributed by atoms with E-state index in [0.29, 0.717) is 0 Å². The number of carbonyl (C=O) groups is 1. The molecule has 0 atom stereocenters. The first-order valence-electron chi connectivity index (χ1n) is 5.95. The highest BCUT2D eigenvalue weighted by Gasteiger charge is 2.38. The van der Waals surface area contributed by atoms with E-state index in [-0.39, 0.29) is 24.3 Å². The van der Waals surface area contributed by atoms with E-state index in [0.717, 1.165) is 7.11 Å². The number of ketones is 1. The average molecular weight is 383 g/mol. The summed E-state index contributed by atoms with van der Waals surface area (Å²) < 4.78 is 112. The van der Waals surface area contributed by atoms with E-state index in [1.807, 2.05) is 0 Å². The Labute approximate surface area is 134 Å². The topological polar surface area (TPSA) is 63.3 Å². The number of alkyl halides is 9. The lowest BCUT2D eigenvalue weighted by atomic mass is 10.0. The lowest BCUT2D eigenvalue weighted by Gasteiger charge is -2.14. The maximum Gasteiger partial charge on any atom is 0.454 e. The Hall–Kier alpha value is -2.24. The monoisotopic (exact) mass is 383 g/mol. The van der Waals surface area contributed by atoms with Crippen LogP contribution >= 0.6 is 0 Å². The van der Waals surface area contributed by atoms with Gasteiger partial charge in [0.05, 0.1) is 11.1 Å². The first-order valence-corrected chi connectivity index (χ1v) is 5.95. The highest BCUT2D eigenvalue weighted by molar-refractivity contribution is 5.99. The molecule has 0 radical (unpaired) electrons. The number of rotatable bonds is 2. The van der Waals surface area contributed by atoms with Crippen LogP contribution in [0.15, 0.2) is 24.3 Å². The van der Waals surface area contributed by atoms with E-state index in [9.17, 15) is 44.3 Å². The van der Waals surface area contributed by atoms with Crippen LogP contribution in [0.25, 0.3) is 5.70 Å². The molecule has 0 aliphatic rings. The van der Waals surface area contributed by atoms with Gasteiger partial charge >= 0.3 is 18.5 Å². The Morgan fingerprint density at radius 1 is 0.880 bits per heavy atom. The van der Waals surface area contributed by atoms with Crippen LogP contribution in [-0.2, 0) is 17.1 Å². The predicted octanol–water partition coefficient (Wildman–Crippen LogP) is 3.76. The third-order valence-electron chi connectivity index (χ3n) is 2.49. The molecule has 1 rings (SSSR count). The van der Waals surface area contributed by atoms with Gasteiger partial charge in [-0.05, 0) is 23.8 Å². The zero-order valence-electron chi connectivity index (χ0n) is 12.1. The van der Waals surface area contributed by atoms with Crippen molar-refractivity contribution in [1.29, 1.82) is 0 Å². The summed E-state index contributed by atoms with van der Waals surface area (Å²) in [5.41, 5.74) is -0.695. The van der Waals surface area contributed by atoms with Gasteiger partial charge in [-0.25, -0.2) is 0 Å². The molecule has 0 aromatic heterocycles. The largest absolute Gasteiger partial charge is 0.454 e. The van der Waals surface area contributed by atoms with Crippen molar-refractivity contribution in [2.75, 3.05) is 7.11 Å². The number of benzene rings is 1. The number of allylic oxidation sites excluding steroid dienone is 1. The molecule has 1 aromatic rings. The third kappa shape index (κ3) is 6.64. The fourth-order valence-electron chi connectivity index (χ4n) is 1.43. The zero-order valence-corrected chi connectivity index (χ0v) is 12.1. The van der Waals surface area contributed by atoms with Gasteiger partial charge in [-0.3, -0.25) is 4.79 Å². The SMILES string of the molecule is CO.N/C(=C\C(=O)C(F)(F)F)c1cc(C(F)(F)F)cc(C(F)(F)F)c1. The third-order valence-corrected chi connectivity index (χ3v) is 2.49. The van der Waals surface area contributed by atoms with E-state index in [1.165, 1.54) is 0 Å². The van der Waals surface area contributed by atoms with Crippen LogP contribution in [0.5, 0.6) is 0 Å². The molecule has 0 heterocycles. The van der Waals surface area contributed by atoms with Crippen molar-refractivity contribution in [3.8, 4) is 0 Å². The van der Waals surface area contributed by atoms with Crippen molar-refractivity contribution in [1.82, 2.24) is 0 Å². The quantitative estimate of drug-likeness (QED) is 0.604. The summed E-state index contributed by atoms with van der Waals surface area (Å²) in [5, 5.41) is 7.00. The Morgan fingerprint density at radius 3 is 1.52 bits per heavy atom. The van der Waals surface area contributed by atoms with Crippen molar-refractivity contribution >= 4 is 11.5 Å². The number of halogens is 9. The lowest BCUT2D eigenvalue weighted by Crippen LogP contribution is -2.21. The number of hydrogen-bond acceptors (Lipinski definition) is 3. The molecular weight excluding hydrogens is 373 g/mol. The van der Waals surface area contributed by atoms with Gasteiger partial charge in [0, 0.05) is 18.9 Å². The summed E-state index contributed by atoms with van der Waals surface area (Å²) in [7, 11) is 1.00. The van der Waals surface area contributed by atoms with Gasteiger partial charge in [-0.2, -0.15) is 39.5 Å². The fourth-order valence-corrected chi connectivity index (χ4v) is 1.43. The molecule has 1 aromatic carbocycles. The summed E-state index contributed by atoms with van der Waals surface area (Å²) in [4.78, 5) is 10.7. The second-order valence-electron chi connectivity index (χ2n) is 4.26. The van der Waals surface area contributed by atoms with Crippen molar-refractivity contribution < 1.29 is 49.4 Å². The molecule has 3 nitrogen and oxygen atoms in total. The lowest BCUT2D eigenvalue weighted by molar-refractivity contribution is -0.165. The standard InChI is InChI=1S/C12H6F9NO.CH4O/c13-10(14,15)6-1-5(2-7(3-6)11(16,17)18)8(22)4-9(23)12(19,20)21;1-2/h1-4H,22H2;2H,1H3/b8-4-;. The molecule has 12 heteroatoms. The molecule has 0 bridgehead atoms. The summed E-state index contributed by atoms with van der Waals surface area (Å²) in [5.74, 6) is -2.51. The molecule has 3 N–H and O–H groups in total. The second kappa shape index (κ2) is 7.76. The Kier molecular flexibility index (Phi) is 7.07. The minimum absolute atomic E-state index is 0.116. The molecule has 0 spiro atoms. The Balaban J connectivity index is 0.00000277. The van der Waals surface area contributed by atoms with Crippen LogP contribution in [0.4, 0.5) is 39.5 Å². The molecular formula is C13H10F9NO2. The van der Waals surface area contributed by atoms with Crippen LogP contribution < -0.4 is 5.73 Å². The van der Waals surface area contributed by atoms with E-state index >= 15 is 0 Å². The normalized spacial score (nSPS) is 13.2. The first-order chi connectivity index (χ1) is 11.1. The minimum atomic E-state index is -5.36. The summed E-state index contributed by atoms with van der Waals surface area (Å²) >= 11 is 0. The molecule has 25 heavy (non-hydrogen) atoms. The zero-order chi connectivity index (χ0) is 20.2. The van der Waals surface area contributed by atoms with Crippen LogP contribution in [0, 0.1) is 0 Å². The number of aliphatic hydroxyl groups excluding tert-OH is 1. The maximum atomic E-state index is 12.6. The molecule has 0 unspecified atom stereocenters.